The van der Waals surface area contributed by atoms with Crippen LogP contribution in [0.25, 0.3) is 0 Å². The van der Waals surface area contributed by atoms with Gasteiger partial charge in [0.2, 0.25) is 0 Å². The summed E-state index contributed by atoms with van der Waals surface area (Å²) in [6, 6.07) is 6.67. The first-order chi connectivity index (χ1) is 7.82. The van der Waals surface area contributed by atoms with Crippen LogP contribution in [0.15, 0.2) is 30.3 Å². The van der Waals surface area contributed by atoms with Gasteiger partial charge in [-0.25, -0.2) is 5.14 Å². The van der Waals surface area contributed by atoms with E-state index in [0.29, 0.717) is 5.56 Å². The van der Waals surface area contributed by atoms with Crippen LogP contribution < -0.4 is 5.14 Å². The van der Waals surface area contributed by atoms with Crippen molar-refractivity contribution in [3.05, 3.63) is 35.9 Å². The fourth-order valence-corrected chi connectivity index (χ4v) is 1.79. The topological polar surface area (TPSA) is 121 Å². The first-order valence-electron chi connectivity index (χ1n) is 4.60. The number of carboxylic acids is 1. The SMILES string of the molecule is NS(=O)(=O)N(O)[C@H](Cc1ccccc1)C(=O)O. The lowest BCUT2D eigenvalue weighted by atomic mass is 10.1. The van der Waals surface area contributed by atoms with Gasteiger partial charge in [-0.3, -0.25) is 10.0 Å². The highest BCUT2D eigenvalue weighted by Gasteiger charge is 2.31. The van der Waals surface area contributed by atoms with Crippen molar-refractivity contribution in [2.45, 2.75) is 12.5 Å². The number of rotatable bonds is 5. The van der Waals surface area contributed by atoms with Crippen LogP contribution in [-0.4, -0.2) is 35.2 Å². The Hall–Kier alpha value is -1.48. The van der Waals surface area contributed by atoms with Gasteiger partial charge in [-0.05, 0) is 5.56 Å². The molecular weight excluding hydrogens is 248 g/mol. The minimum atomic E-state index is -4.46. The van der Waals surface area contributed by atoms with Crippen LogP contribution in [0.5, 0.6) is 0 Å². The molecule has 0 spiro atoms. The lowest BCUT2D eigenvalue weighted by Crippen LogP contribution is -2.47. The smallest absolute Gasteiger partial charge is 0.324 e. The summed E-state index contributed by atoms with van der Waals surface area (Å²) in [5, 5.41) is 22.7. The van der Waals surface area contributed by atoms with Gasteiger partial charge in [-0.2, -0.15) is 8.42 Å². The second-order valence-corrected chi connectivity index (χ2v) is 4.77. The highest BCUT2D eigenvalue weighted by atomic mass is 32.2. The van der Waals surface area contributed by atoms with Crippen molar-refractivity contribution >= 4 is 16.2 Å². The molecule has 1 atom stereocenters. The largest absolute Gasteiger partial charge is 0.480 e. The molecule has 0 heterocycles. The third kappa shape index (κ3) is 3.79. The fourth-order valence-electron chi connectivity index (χ4n) is 1.27. The van der Waals surface area contributed by atoms with E-state index in [1.165, 1.54) is 0 Å². The van der Waals surface area contributed by atoms with Crippen molar-refractivity contribution in [3.8, 4) is 0 Å². The maximum atomic E-state index is 10.9. The van der Waals surface area contributed by atoms with Crippen molar-refractivity contribution in [2.24, 2.45) is 5.14 Å². The van der Waals surface area contributed by atoms with Crippen molar-refractivity contribution in [1.82, 2.24) is 4.47 Å². The molecule has 17 heavy (non-hydrogen) atoms. The van der Waals surface area contributed by atoms with E-state index >= 15 is 0 Å². The molecule has 0 aromatic heterocycles. The van der Waals surface area contributed by atoms with Crippen molar-refractivity contribution in [1.29, 1.82) is 0 Å². The van der Waals surface area contributed by atoms with Gasteiger partial charge in [-0.15, -0.1) is 0 Å². The summed E-state index contributed by atoms with van der Waals surface area (Å²) < 4.78 is 21.4. The number of nitrogens with two attached hydrogens (primary N) is 1. The van der Waals surface area contributed by atoms with Gasteiger partial charge in [0, 0.05) is 6.42 Å². The lowest BCUT2D eigenvalue weighted by Gasteiger charge is -2.19. The molecule has 4 N–H and O–H groups in total. The van der Waals surface area contributed by atoms with E-state index in [9.17, 15) is 18.4 Å². The molecule has 1 aromatic carbocycles. The Bertz CT molecular complexity index is 487. The van der Waals surface area contributed by atoms with E-state index in [2.05, 4.69) is 5.14 Å². The average molecular weight is 260 g/mol. The summed E-state index contributed by atoms with van der Waals surface area (Å²) in [5.41, 5.74) is 0.572. The van der Waals surface area contributed by atoms with Crippen LogP contribution in [-0.2, 0) is 21.4 Å². The number of hydroxylamine groups is 1. The summed E-state index contributed by atoms with van der Waals surface area (Å²) >= 11 is 0. The summed E-state index contributed by atoms with van der Waals surface area (Å²) in [5.74, 6) is -1.48. The predicted octanol–water partition coefficient (Wildman–Crippen LogP) is -0.423. The quantitative estimate of drug-likeness (QED) is 0.621. The summed E-state index contributed by atoms with van der Waals surface area (Å²) in [6.07, 6.45) is -0.177. The zero-order valence-electron chi connectivity index (χ0n) is 8.72. The normalized spacial score (nSPS) is 13.6. The zero-order valence-corrected chi connectivity index (χ0v) is 9.54. The number of nitrogens with zero attached hydrogens (tertiary/aromatic N) is 1. The summed E-state index contributed by atoms with van der Waals surface area (Å²) in [7, 11) is -4.46. The summed E-state index contributed by atoms with van der Waals surface area (Å²) in [4.78, 5) is 10.9. The van der Waals surface area contributed by atoms with Crippen LogP contribution in [0.1, 0.15) is 5.56 Å². The maximum Gasteiger partial charge on any atom is 0.324 e. The Morgan fingerprint density at radius 3 is 2.29 bits per heavy atom. The molecule has 1 aromatic rings. The van der Waals surface area contributed by atoms with E-state index in [-0.39, 0.29) is 10.9 Å². The van der Waals surface area contributed by atoms with Crippen LogP contribution >= 0.6 is 0 Å². The molecule has 7 nitrogen and oxygen atoms in total. The van der Waals surface area contributed by atoms with Gasteiger partial charge >= 0.3 is 5.97 Å². The number of hydrogen-bond donors (Lipinski definition) is 3. The molecule has 94 valence electrons. The van der Waals surface area contributed by atoms with Crippen molar-refractivity contribution < 1.29 is 23.5 Å². The first-order valence-corrected chi connectivity index (χ1v) is 6.10. The molecule has 0 fully saturated rings. The molecule has 0 saturated carbocycles. The molecule has 0 radical (unpaired) electrons. The van der Waals surface area contributed by atoms with Crippen molar-refractivity contribution in [3.63, 3.8) is 0 Å². The van der Waals surface area contributed by atoms with Crippen molar-refractivity contribution in [2.75, 3.05) is 0 Å². The van der Waals surface area contributed by atoms with Gasteiger partial charge in [0.25, 0.3) is 10.2 Å². The van der Waals surface area contributed by atoms with Gasteiger partial charge < -0.3 is 5.11 Å². The zero-order chi connectivity index (χ0) is 13.1. The number of aliphatic carboxylic acids is 1. The molecule has 8 heteroatoms. The number of hydrogen-bond acceptors (Lipinski definition) is 4. The molecule has 0 aliphatic carbocycles. The monoisotopic (exact) mass is 260 g/mol. The molecule has 0 saturated heterocycles. The van der Waals surface area contributed by atoms with Gasteiger partial charge in [0.05, 0.1) is 0 Å². The second kappa shape index (κ2) is 5.23. The summed E-state index contributed by atoms with van der Waals surface area (Å²) in [6.45, 7) is 0. The average Bonchev–Trinajstić information content (AvgIpc) is 2.24. The highest BCUT2D eigenvalue weighted by Crippen LogP contribution is 2.09. The van der Waals surface area contributed by atoms with Gasteiger partial charge in [0.15, 0.2) is 6.04 Å². The predicted molar refractivity (Wildman–Crippen MR) is 58.3 cm³/mol. The van der Waals surface area contributed by atoms with E-state index in [1.807, 2.05) is 0 Å². The Kier molecular flexibility index (Phi) is 4.18. The minimum absolute atomic E-state index is 0.177. The first kappa shape index (κ1) is 13.6. The van der Waals surface area contributed by atoms with Crippen LogP contribution in [0.3, 0.4) is 0 Å². The molecule has 0 amide bonds. The van der Waals surface area contributed by atoms with Gasteiger partial charge in [0.1, 0.15) is 0 Å². The van der Waals surface area contributed by atoms with E-state index in [4.69, 9.17) is 5.11 Å². The third-order valence-electron chi connectivity index (χ3n) is 2.08. The van der Waals surface area contributed by atoms with Gasteiger partial charge in [-0.1, -0.05) is 34.8 Å². The minimum Gasteiger partial charge on any atom is -0.480 e. The Morgan fingerprint density at radius 2 is 1.88 bits per heavy atom. The Labute approximate surface area is 98.2 Å². The second-order valence-electron chi connectivity index (χ2n) is 3.36. The highest BCUT2D eigenvalue weighted by molar-refractivity contribution is 7.86. The molecule has 0 unspecified atom stereocenters. The fraction of sp³-hybridized carbons (Fsp3) is 0.222. The number of carbonyl (C=O) groups is 1. The number of carboxylic acid groups (broad SMARTS) is 1. The van der Waals surface area contributed by atoms with Crippen LogP contribution in [0, 0.1) is 0 Å². The molecule has 1 rings (SSSR count). The molecule has 0 aliphatic heterocycles. The molecular formula is C9H12N2O5S. The van der Waals surface area contributed by atoms with E-state index in [0.717, 1.165) is 0 Å². The standard InChI is InChI=1S/C9H12N2O5S/c10-17(15,16)11(14)8(9(12)13)6-7-4-2-1-3-5-7/h1-5,8,14H,6H2,(H,12,13)(H2,10,15,16)/t8-/m1/s1. The maximum absolute atomic E-state index is 10.9. The Balaban J connectivity index is 2.93. The van der Waals surface area contributed by atoms with E-state index < -0.39 is 22.2 Å². The molecule has 0 bridgehead atoms. The van der Waals surface area contributed by atoms with E-state index in [1.54, 1.807) is 30.3 Å². The Morgan fingerprint density at radius 1 is 1.35 bits per heavy atom. The molecule has 0 aliphatic rings. The third-order valence-corrected chi connectivity index (χ3v) is 2.86. The lowest BCUT2D eigenvalue weighted by molar-refractivity contribution is -0.151. The van der Waals surface area contributed by atoms with Crippen LogP contribution in [0.2, 0.25) is 0 Å². The number of benzene rings is 1. The van der Waals surface area contributed by atoms with Crippen LogP contribution in [0.4, 0.5) is 0 Å².